The molecule has 0 fully saturated rings. The zero-order valence-corrected chi connectivity index (χ0v) is 32.9. The molecule has 8 aromatic carbocycles. The van der Waals surface area contributed by atoms with E-state index in [2.05, 4.69) is 197 Å². The van der Waals surface area contributed by atoms with Crippen molar-refractivity contribution in [3.63, 3.8) is 0 Å². The van der Waals surface area contributed by atoms with Gasteiger partial charge >= 0.3 is 0 Å². The molecule has 0 bridgehead atoms. The normalized spacial score (nSPS) is 12.2. The lowest BCUT2D eigenvalue weighted by Crippen LogP contribution is -2.02. The molecule has 0 aliphatic rings. The summed E-state index contributed by atoms with van der Waals surface area (Å²) in [6.45, 7) is 0. The van der Waals surface area contributed by atoms with Crippen LogP contribution in [0.25, 0.3) is 112 Å². The molecule has 10 heteroatoms. The van der Waals surface area contributed by atoms with Crippen LogP contribution in [0.15, 0.2) is 194 Å². The van der Waals surface area contributed by atoms with Crippen molar-refractivity contribution < 1.29 is 0 Å². The Balaban J connectivity index is 1.02. The summed E-state index contributed by atoms with van der Waals surface area (Å²) in [4.78, 5) is 21.2. The van der Waals surface area contributed by atoms with E-state index in [1.165, 1.54) is 0 Å². The van der Waals surface area contributed by atoms with Gasteiger partial charge in [-0.25, -0.2) is 29.1 Å². The van der Waals surface area contributed by atoms with Gasteiger partial charge in [0, 0.05) is 0 Å². The van der Waals surface area contributed by atoms with E-state index < -0.39 is 0 Å². The highest BCUT2D eigenvalue weighted by Crippen LogP contribution is 2.33. The Morgan fingerprint density at radius 3 is 0.935 bits per heavy atom. The van der Waals surface area contributed by atoms with Crippen molar-refractivity contribution in [3.8, 4) is 22.5 Å². The van der Waals surface area contributed by atoms with Crippen molar-refractivity contribution in [2.75, 3.05) is 0 Å². The molecule has 14 rings (SSSR count). The molecule has 0 aliphatic carbocycles. The van der Waals surface area contributed by atoms with Crippen LogP contribution in [0.4, 0.5) is 0 Å². The maximum absolute atomic E-state index is 5.31. The third-order valence-electron chi connectivity index (χ3n) is 12.3. The van der Waals surface area contributed by atoms with Crippen molar-refractivity contribution in [1.29, 1.82) is 0 Å². The third kappa shape index (κ3) is 4.52. The molecule has 290 valence electrons. The number of hydrogen-bond donors (Lipinski definition) is 0. The molecular formula is C52H32N10. The average molecular weight is 797 g/mol. The van der Waals surface area contributed by atoms with E-state index in [9.17, 15) is 0 Å². The van der Waals surface area contributed by atoms with Crippen LogP contribution in [0.5, 0.6) is 0 Å². The number of para-hydroxylation sites is 12. The van der Waals surface area contributed by atoms with Gasteiger partial charge < -0.3 is 0 Å². The van der Waals surface area contributed by atoms with Gasteiger partial charge in [-0.05, 0) is 108 Å². The zero-order chi connectivity index (χ0) is 40.5. The Hall–Kier alpha value is -8.76. The average Bonchev–Trinajstić information content (AvgIpc) is 4.07. The number of aromatic nitrogens is 10. The fourth-order valence-corrected chi connectivity index (χ4v) is 9.56. The number of fused-ring (bicyclic) bond motifs is 18. The van der Waals surface area contributed by atoms with E-state index in [0.29, 0.717) is 0 Å². The minimum atomic E-state index is 0.771. The standard InChI is InChI=1S/C52H32N10/c1-5-20-41-37(16-1)53-49-57(50-54-38-17-2-6-21-42(38)60(50)46-25-10-9-24-45(46)59(41)49)35-30-28-33(29-31-35)34-14-13-15-36(32-34)58-51-55-39-18-3-7-22-43(39)61(51)47-26-11-12-27-48(47)62-44-23-8-4-19-40(44)56-52(58)62/h1-32H. The molecule has 0 saturated carbocycles. The minimum Gasteiger partial charge on any atom is -0.276 e. The van der Waals surface area contributed by atoms with Crippen molar-refractivity contribution >= 4 is 89.3 Å². The van der Waals surface area contributed by atoms with Gasteiger partial charge in [-0.2, -0.15) is 0 Å². The van der Waals surface area contributed by atoms with Gasteiger partial charge in [0.15, 0.2) is 0 Å². The molecule has 0 unspecified atom stereocenters. The molecule has 14 aromatic rings. The first-order chi connectivity index (χ1) is 30.8. The molecule has 0 N–H and O–H groups in total. The van der Waals surface area contributed by atoms with Crippen LogP contribution in [0.2, 0.25) is 0 Å². The monoisotopic (exact) mass is 796 g/mol. The van der Waals surface area contributed by atoms with E-state index in [1.54, 1.807) is 0 Å². The van der Waals surface area contributed by atoms with Crippen LogP contribution in [0, 0.1) is 0 Å². The zero-order valence-electron chi connectivity index (χ0n) is 32.9. The molecule has 0 radical (unpaired) electrons. The second kappa shape index (κ2) is 12.4. The first-order valence-corrected chi connectivity index (χ1v) is 20.7. The lowest BCUT2D eigenvalue weighted by Gasteiger charge is -2.11. The Kier molecular flexibility index (Phi) is 6.61. The Bertz CT molecular complexity index is 4000. The highest BCUT2D eigenvalue weighted by molar-refractivity contribution is 5.95. The van der Waals surface area contributed by atoms with Crippen molar-refractivity contribution in [1.82, 2.24) is 46.7 Å². The van der Waals surface area contributed by atoms with Crippen molar-refractivity contribution in [2.24, 2.45) is 0 Å². The summed E-state index contributed by atoms with van der Waals surface area (Å²) in [7, 11) is 0. The van der Waals surface area contributed by atoms with Crippen LogP contribution in [0.3, 0.4) is 0 Å². The maximum atomic E-state index is 5.31. The number of benzene rings is 8. The van der Waals surface area contributed by atoms with Gasteiger partial charge in [-0.15, -0.1) is 0 Å². The van der Waals surface area contributed by atoms with E-state index >= 15 is 0 Å². The van der Waals surface area contributed by atoms with Crippen LogP contribution in [-0.4, -0.2) is 46.7 Å². The fraction of sp³-hybridized carbons (Fsp3) is 0. The molecule has 0 aliphatic heterocycles. The summed E-state index contributed by atoms with van der Waals surface area (Å²) in [6, 6.07) is 67.7. The summed E-state index contributed by atoms with van der Waals surface area (Å²) in [5.41, 5.74) is 15.9. The van der Waals surface area contributed by atoms with E-state index in [4.69, 9.17) is 19.9 Å². The van der Waals surface area contributed by atoms with Gasteiger partial charge in [0.1, 0.15) is 0 Å². The molecule has 0 saturated heterocycles. The highest BCUT2D eigenvalue weighted by Gasteiger charge is 2.21. The number of hydrogen-bond acceptors (Lipinski definition) is 4. The van der Waals surface area contributed by atoms with Gasteiger partial charge in [0.25, 0.3) is 0 Å². The topological polar surface area (TPSA) is 79.1 Å². The van der Waals surface area contributed by atoms with Gasteiger partial charge in [-0.3, -0.25) is 17.6 Å². The summed E-state index contributed by atoms with van der Waals surface area (Å²) >= 11 is 0. The van der Waals surface area contributed by atoms with E-state index in [0.717, 1.165) is 112 Å². The second-order valence-corrected chi connectivity index (χ2v) is 15.7. The van der Waals surface area contributed by atoms with Crippen LogP contribution in [-0.2, 0) is 0 Å². The molecule has 6 aromatic heterocycles. The van der Waals surface area contributed by atoms with Gasteiger partial charge in [-0.1, -0.05) is 97.1 Å². The lowest BCUT2D eigenvalue weighted by atomic mass is 10.0. The van der Waals surface area contributed by atoms with Crippen LogP contribution in [0.1, 0.15) is 0 Å². The van der Waals surface area contributed by atoms with E-state index in [-0.39, 0.29) is 0 Å². The summed E-state index contributed by atoms with van der Waals surface area (Å²) < 4.78 is 13.4. The Labute approximate surface area is 351 Å². The predicted molar refractivity (Wildman–Crippen MR) is 248 cm³/mol. The first kappa shape index (κ1) is 33.1. The molecular weight excluding hydrogens is 765 g/mol. The maximum Gasteiger partial charge on any atom is 0.223 e. The Morgan fingerprint density at radius 1 is 0.242 bits per heavy atom. The van der Waals surface area contributed by atoms with Gasteiger partial charge in [0.2, 0.25) is 23.1 Å². The largest absolute Gasteiger partial charge is 0.276 e. The summed E-state index contributed by atoms with van der Waals surface area (Å²) in [6.07, 6.45) is 0. The minimum absolute atomic E-state index is 0.771. The molecule has 6 heterocycles. The molecule has 0 amide bonds. The lowest BCUT2D eigenvalue weighted by molar-refractivity contribution is 1.03. The summed E-state index contributed by atoms with van der Waals surface area (Å²) in [5, 5.41) is 0. The smallest absolute Gasteiger partial charge is 0.223 e. The highest BCUT2D eigenvalue weighted by atomic mass is 15.3. The SMILES string of the molecule is c1cc(-c2ccc(-n3c4nc5ccccc5n4c4ccccc4n4c5ccccc5nc34)cc2)cc(-n2c3nc4ccccc4n3c3ccccc3n3c4ccccc4nc23)c1. The molecule has 10 nitrogen and oxygen atoms in total. The van der Waals surface area contributed by atoms with Crippen molar-refractivity contribution in [2.45, 2.75) is 0 Å². The summed E-state index contributed by atoms with van der Waals surface area (Å²) in [5.74, 6) is 3.09. The second-order valence-electron chi connectivity index (χ2n) is 15.7. The molecule has 0 spiro atoms. The quantitative estimate of drug-likeness (QED) is 0.178. The number of imidazole rings is 4. The number of rotatable bonds is 3. The number of nitrogens with zero attached hydrogens (tertiary/aromatic N) is 10. The third-order valence-corrected chi connectivity index (χ3v) is 12.3. The molecule has 0 atom stereocenters. The Morgan fingerprint density at radius 2 is 0.565 bits per heavy atom. The van der Waals surface area contributed by atoms with Crippen LogP contribution >= 0.6 is 0 Å². The first-order valence-electron chi connectivity index (χ1n) is 20.7. The van der Waals surface area contributed by atoms with Crippen molar-refractivity contribution in [3.05, 3.63) is 194 Å². The van der Waals surface area contributed by atoms with Gasteiger partial charge in [0.05, 0.1) is 77.6 Å². The van der Waals surface area contributed by atoms with E-state index in [1.807, 2.05) is 24.3 Å². The van der Waals surface area contributed by atoms with Crippen LogP contribution < -0.4 is 0 Å². The predicted octanol–water partition coefficient (Wildman–Crippen LogP) is 11.6. The fourth-order valence-electron chi connectivity index (χ4n) is 9.56. The molecule has 62 heavy (non-hydrogen) atoms.